The molecule has 0 amide bonds. The topological polar surface area (TPSA) is 31.2 Å². The fraction of sp³-hybridized carbons (Fsp3) is 0.350. The second kappa shape index (κ2) is 7.35. The zero-order valence-electron chi connectivity index (χ0n) is 14.4. The minimum Gasteiger partial charge on any atom is -0.381 e. The van der Waals surface area contributed by atoms with Gasteiger partial charge in [0.05, 0.1) is 15.6 Å². The molecule has 3 aromatic rings. The van der Waals surface area contributed by atoms with Crippen molar-refractivity contribution in [1.82, 2.24) is 4.57 Å². The van der Waals surface area contributed by atoms with Gasteiger partial charge in [-0.3, -0.25) is 4.79 Å². The number of carbonyl (C=O) groups excluding carboxylic acids is 1. The van der Waals surface area contributed by atoms with E-state index in [4.69, 9.17) is 27.9 Å². The van der Waals surface area contributed by atoms with E-state index < -0.39 is 0 Å². The van der Waals surface area contributed by atoms with Crippen LogP contribution in [-0.2, 0) is 11.3 Å². The third kappa shape index (κ3) is 3.09. The van der Waals surface area contributed by atoms with E-state index in [1.165, 1.54) is 0 Å². The minimum absolute atomic E-state index is 0.0656. The predicted octanol–water partition coefficient (Wildman–Crippen LogP) is 5.98. The van der Waals surface area contributed by atoms with Gasteiger partial charge >= 0.3 is 0 Å². The first-order valence-electron chi connectivity index (χ1n) is 8.70. The molecule has 3 nitrogen and oxygen atoms in total. The number of benzene rings is 1. The summed E-state index contributed by atoms with van der Waals surface area (Å²) in [5.74, 6) is 0.516. The van der Waals surface area contributed by atoms with Crippen LogP contribution in [0.1, 0.15) is 34.5 Å². The maximum atomic E-state index is 13.3. The smallest absolute Gasteiger partial charge is 0.197 e. The molecule has 6 heteroatoms. The molecule has 2 aromatic heterocycles. The minimum atomic E-state index is -0.0656. The third-order valence-electron chi connectivity index (χ3n) is 5.13. The lowest BCUT2D eigenvalue weighted by Gasteiger charge is -2.23. The van der Waals surface area contributed by atoms with E-state index in [0.29, 0.717) is 21.5 Å². The molecule has 4 rings (SSSR count). The Labute approximate surface area is 166 Å². The molecule has 26 heavy (non-hydrogen) atoms. The fourth-order valence-corrected chi connectivity index (χ4v) is 5.05. The molecule has 1 fully saturated rings. The number of hydrogen-bond donors (Lipinski definition) is 0. The van der Waals surface area contributed by atoms with Crippen LogP contribution < -0.4 is 0 Å². The SMILES string of the molecule is Cc1c(C(=O)c2cccc(Cl)c2Cl)c2ccsc2n1CC1CCOCC1. The highest BCUT2D eigenvalue weighted by Crippen LogP contribution is 2.35. The van der Waals surface area contributed by atoms with E-state index in [0.717, 1.165) is 54.1 Å². The molecule has 0 N–H and O–H groups in total. The summed E-state index contributed by atoms with van der Waals surface area (Å²) in [5, 5.41) is 3.76. The number of nitrogens with zero attached hydrogens (tertiary/aromatic N) is 1. The largest absolute Gasteiger partial charge is 0.381 e. The number of ketones is 1. The van der Waals surface area contributed by atoms with Crippen LogP contribution in [0.2, 0.25) is 10.0 Å². The van der Waals surface area contributed by atoms with Crippen LogP contribution in [0.25, 0.3) is 10.2 Å². The van der Waals surface area contributed by atoms with Gasteiger partial charge < -0.3 is 9.30 Å². The summed E-state index contributed by atoms with van der Waals surface area (Å²) >= 11 is 14.1. The highest BCUT2D eigenvalue weighted by Gasteiger charge is 2.25. The van der Waals surface area contributed by atoms with Crippen molar-refractivity contribution in [3.63, 3.8) is 0 Å². The Kier molecular flexibility index (Phi) is 5.11. The molecule has 0 aliphatic carbocycles. The highest BCUT2D eigenvalue weighted by atomic mass is 35.5. The quantitative estimate of drug-likeness (QED) is 0.498. The van der Waals surface area contributed by atoms with E-state index in [9.17, 15) is 4.79 Å². The summed E-state index contributed by atoms with van der Waals surface area (Å²) in [6, 6.07) is 7.23. The first-order chi connectivity index (χ1) is 12.6. The molecule has 3 heterocycles. The second-order valence-corrected chi connectivity index (χ2v) is 8.38. The Morgan fingerprint density at radius 2 is 2.04 bits per heavy atom. The summed E-state index contributed by atoms with van der Waals surface area (Å²) in [7, 11) is 0. The monoisotopic (exact) mass is 407 g/mol. The van der Waals surface area contributed by atoms with Crippen LogP contribution in [0.3, 0.4) is 0 Å². The lowest BCUT2D eigenvalue weighted by molar-refractivity contribution is 0.0615. The lowest BCUT2D eigenvalue weighted by Crippen LogP contribution is -2.21. The van der Waals surface area contributed by atoms with Crippen molar-refractivity contribution >= 4 is 50.5 Å². The second-order valence-electron chi connectivity index (χ2n) is 6.70. The zero-order chi connectivity index (χ0) is 18.3. The van der Waals surface area contributed by atoms with Crippen LogP contribution in [0.15, 0.2) is 29.6 Å². The molecule has 1 aliphatic heterocycles. The summed E-state index contributed by atoms with van der Waals surface area (Å²) in [6.07, 6.45) is 2.13. The number of fused-ring (bicyclic) bond motifs is 1. The van der Waals surface area contributed by atoms with Crippen molar-refractivity contribution in [2.75, 3.05) is 13.2 Å². The number of hydrogen-bond acceptors (Lipinski definition) is 3. The van der Waals surface area contributed by atoms with E-state index in [1.54, 1.807) is 29.5 Å². The number of halogens is 2. The molecule has 0 unspecified atom stereocenters. The first kappa shape index (κ1) is 18.1. The third-order valence-corrected chi connectivity index (χ3v) is 6.89. The van der Waals surface area contributed by atoms with Crippen molar-refractivity contribution in [2.24, 2.45) is 5.92 Å². The molecule has 0 radical (unpaired) electrons. The Hall–Kier alpha value is -1.33. The molecule has 0 bridgehead atoms. The van der Waals surface area contributed by atoms with Gasteiger partial charge in [-0.25, -0.2) is 0 Å². The molecule has 0 atom stereocenters. The maximum absolute atomic E-state index is 13.3. The highest BCUT2D eigenvalue weighted by molar-refractivity contribution is 7.16. The van der Waals surface area contributed by atoms with Gasteiger partial charge in [0.2, 0.25) is 0 Å². The summed E-state index contributed by atoms with van der Waals surface area (Å²) in [6.45, 7) is 4.59. The Morgan fingerprint density at radius 1 is 1.27 bits per heavy atom. The van der Waals surface area contributed by atoms with Crippen LogP contribution in [0.4, 0.5) is 0 Å². The average Bonchev–Trinajstić information content (AvgIpc) is 3.20. The van der Waals surface area contributed by atoms with Gasteiger partial charge in [-0.05, 0) is 49.3 Å². The normalized spacial score (nSPS) is 15.7. The molecule has 1 aromatic carbocycles. The van der Waals surface area contributed by atoms with Crippen molar-refractivity contribution in [2.45, 2.75) is 26.3 Å². The zero-order valence-corrected chi connectivity index (χ0v) is 16.8. The van der Waals surface area contributed by atoms with E-state index in [-0.39, 0.29) is 5.78 Å². The predicted molar refractivity (Wildman–Crippen MR) is 108 cm³/mol. The summed E-state index contributed by atoms with van der Waals surface area (Å²) in [5.41, 5.74) is 2.19. The lowest BCUT2D eigenvalue weighted by atomic mass is 10.00. The fourth-order valence-electron chi connectivity index (χ4n) is 3.69. The van der Waals surface area contributed by atoms with Gasteiger partial charge in [0.25, 0.3) is 0 Å². The molecule has 0 saturated carbocycles. The number of aromatic nitrogens is 1. The number of ether oxygens (including phenoxy) is 1. The molecular formula is C20H19Cl2NO2S. The van der Waals surface area contributed by atoms with Crippen LogP contribution >= 0.6 is 34.5 Å². The molecule has 1 saturated heterocycles. The maximum Gasteiger partial charge on any atom is 0.197 e. The Bertz CT molecular complexity index is 970. The van der Waals surface area contributed by atoms with Crippen molar-refractivity contribution in [3.8, 4) is 0 Å². The summed E-state index contributed by atoms with van der Waals surface area (Å²) in [4.78, 5) is 14.4. The standard InChI is InChI=1S/C20H19Cl2NO2S/c1-12-17(19(24)15-3-2-4-16(21)18(15)22)14-7-10-26-20(14)23(12)11-13-5-8-25-9-6-13/h2-4,7,10,13H,5-6,8-9,11H2,1H3. The molecule has 1 aliphatic rings. The number of rotatable bonds is 4. The number of thiophene rings is 1. The van der Waals surface area contributed by atoms with Crippen LogP contribution in [0.5, 0.6) is 0 Å². The molecular weight excluding hydrogens is 389 g/mol. The van der Waals surface area contributed by atoms with Crippen LogP contribution in [0, 0.1) is 12.8 Å². The van der Waals surface area contributed by atoms with E-state index in [2.05, 4.69) is 4.57 Å². The summed E-state index contributed by atoms with van der Waals surface area (Å²) < 4.78 is 7.77. The van der Waals surface area contributed by atoms with Gasteiger partial charge in [-0.15, -0.1) is 11.3 Å². The molecule has 0 spiro atoms. The van der Waals surface area contributed by atoms with Gasteiger partial charge in [-0.2, -0.15) is 0 Å². The van der Waals surface area contributed by atoms with E-state index in [1.807, 2.05) is 18.4 Å². The Morgan fingerprint density at radius 3 is 2.81 bits per heavy atom. The number of carbonyl (C=O) groups is 1. The first-order valence-corrected chi connectivity index (χ1v) is 10.3. The van der Waals surface area contributed by atoms with Gasteiger partial charge in [0.1, 0.15) is 4.83 Å². The van der Waals surface area contributed by atoms with Crippen molar-refractivity contribution < 1.29 is 9.53 Å². The van der Waals surface area contributed by atoms with Crippen molar-refractivity contribution in [1.29, 1.82) is 0 Å². The van der Waals surface area contributed by atoms with Gasteiger partial charge in [-0.1, -0.05) is 29.3 Å². The van der Waals surface area contributed by atoms with Crippen molar-refractivity contribution in [3.05, 3.63) is 56.5 Å². The Balaban J connectivity index is 1.78. The van der Waals surface area contributed by atoms with Gasteiger partial charge in [0.15, 0.2) is 5.78 Å². The van der Waals surface area contributed by atoms with Crippen LogP contribution in [-0.4, -0.2) is 23.6 Å². The molecule has 136 valence electrons. The van der Waals surface area contributed by atoms with E-state index >= 15 is 0 Å². The average molecular weight is 408 g/mol. The van der Waals surface area contributed by atoms with Gasteiger partial charge in [0, 0.05) is 36.4 Å².